The maximum absolute atomic E-state index is 14.7. The highest BCUT2D eigenvalue weighted by atomic mass is 19.1. The number of hydrogen-bond donors (Lipinski definition) is 0. The standard InChI is InChI=1S/C36H33FO6/c1-3-35(38)42-25-7-5-23-40-32-19-13-28(14-20-32)9-10-30-12-18-31(34(37)27-30)17-11-29-15-21-33(22-16-29)41-24-6-8-26-43-36(39)4-2/h3-4,12-16,18-22,27H,1-2,5-8,23-26H2. The van der Waals surface area contributed by atoms with Gasteiger partial charge in [-0.05, 0) is 92.4 Å². The second-order valence-electron chi connectivity index (χ2n) is 9.10. The lowest BCUT2D eigenvalue weighted by atomic mass is 10.1. The number of rotatable bonds is 14. The normalized spacial score (nSPS) is 9.79. The zero-order valence-electron chi connectivity index (χ0n) is 23.9. The molecule has 0 aliphatic carbocycles. The van der Waals surface area contributed by atoms with Crippen molar-refractivity contribution in [3.05, 3.63) is 120 Å². The van der Waals surface area contributed by atoms with Crippen LogP contribution in [0.1, 0.15) is 47.9 Å². The van der Waals surface area contributed by atoms with E-state index < -0.39 is 17.8 Å². The maximum Gasteiger partial charge on any atom is 0.330 e. The van der Waals surface area contributed by atoms with Gasteiger partial charge < -0.3 is 18.9 Å². The Morgan fingerprint density at radius 3 is 1.49 bits per heavy atom. The fourth-order valence-corrected chi connectivity index (χ4v) is 3.50. The van der Waals surface area contributed by atoms with Crippen molar-refractivity contribution < 1.29 is 32.9 Å². The van der Waals surface area contributed by atoms with Crippen LogP contribution in [0.25, 0.3) is 0 Å². The van der Waals surface area contributed by atoms with Crippen molar-refractivity contribution in [2.75, 3.05) is 26.4 Å². The third-order valence-corrected chi connectivity index (χ3v) is 5.81. The molecule has 0 fully saturated rings. The van der Waals surface area contributed by atoms with E-state index in [2.05, 4.69) is 36.8 Å². The van der Waals surface area contributed by atoms with Gasteiger partial charge in [-0.25, -0.2) is 14.0 Å². The quantitative estimate of drug-likeness (QED) is 0.0951. The van der Waals surface area contributed by atoms with Gasteiger partial charge in [0.25, 0.3) is 0 Å². The van der Waals surface area contributed by atoms with E-state index in [1.165, 1.54) is 6.07 Å². The Morgan fingerprint density at radius 2 is 1.02 bits per heavy atom. The highest BCUT2D eigenvalue weighted by molar-refractivity contribution is 5.81. The summed E-state index contributed by atoms with van der Waals surface area (Å²) in [4.78, 5) is 22.0. The summed E-state index contributed by atoms with van der Waals surface area (Å²) in [5, 5.41) is 0. The fraction of sp³-hybridized carbons (Fsp3) is 0.222. The first-order valence-corrected chi connectivity index (χ1v) is 13.8. The molecule has 0 N–H and O–H groups in total. The Bertz CT molecular complexity index is 1500. The Hall–Kier alpha value is -5.27. The lowest BCUT2D eigenvalue weighted by Crippen LogP contribution is -2.04. The molecule has 0 bridgehead atoms. The average Bonchev–Trinajstić information content (AvgIpc) is 3.03. The summed E-state index contributed by atoms with van der Waals surface area (Å²) in [6.45, 7) is 8.37. The molecule has 0 saturated carbocycles. The van der Waals surface area contributed by atoms with Crippen LogP contribution < -0.4 is 9.47 Å². The summed E-state index contributed by atoms with van der Waals surface area (Å²) < 4.78 is 35.9. The van der Waals surface area contributed by atoms with E-state index in [0.29, 0.717) is 56.3 Å². The van der Waals surface area contributed by atoms with Gasteiger partial charge in [0.15, 0.2) is 0 Å². The predicted molar refractivity (Wildman–Crippen MR) is 163 cm³/mol. The first-order chi connectivity index (χ1) is 21.0. The van der Waals surface area contributed by atoms with Gasteiger partial charge in [-0.15, -0.1) is 0 Å². The van der Waals surface area contributed by atoms with Gasteiger partial charge in [0.2, 0.25) is 0 Å². The summed E-state index contributed by atoms with van der Waals surface area (Å²) in [6, 6.07) is 19.3. The molecule has 6 nitrogen and oxygen atoms in total. The second-order valence-corrected chi connectivity index (χ2v) is 9.10. The number of hydrogen-bond acceptors (Lipinski definition) is 6. The van der Waals surface area contributed by atoms with Crippen molar-refractivity contribution in [3.8, 4) is 35.2 Å². The van der Waals surface area contributed by atoms with Gasteiger partial charge in [-0.2, -0.15) is 0 Å². The molecule has 0 aliphatic rings. The van der Waals surface area contributed by atoms with Crippen molar-refractivity contribution in [2.24, 2.45) is 0 Å². The highest BCUT2D eigenvalue weighted by Gasteiger charge is 2.02. The molecule has 3 rings (SSSR count). The van der Waals surface area contributed by atoms with Crippen LogP contribution >= 0.6 is 0 Å². The van der Waals surface area contributed by atoms with Gasteiger partial charge in [0.1, 0.15) is 17.3 Å². The van der Waals surface area contributed by atoms with Gasteiger partial charge in [-0.3, -0.25) is 0 Å². The molecule has 220 valence electrons. The molecule has 0 atom stereocenters. The smallest absolute Gasteiger partial charge is 0.330 e. The van der Waals surface area contributed by atoms with Crippen LogP contribution in [0, 0.1) is 29.5 Å². The molecule has 0 heterocycles. The molecule has 0 aromatic heterocycles. The van der Waals surface area contributed by atoms with Crippen molar-refractivity contribution in [1.82, 2.24) is 0 Å². The third kappa shape index (κ3) is 12.4. The molecule has 0 saturated heterocycles. The summed E-state index contributed by atoms with van der Waals surface area (Å²) >= 11 is 0. The number of halogens is 1. The van der Waals surface area contributed by atoms with E-state index in [0.717, 1.165) is 36.1 Å². The molecular weight excluding hydrogens is 547 g/mol. The number of benzene rings is 3. The van der Waals surface area contributed by atoms with E-state index >= 15 is 0 Å². The minimum atomic E-state index is -0.443. The van der Waals surface area contributed by atoms with Gasteiger partial charge in [0.05, 0.1) is 32.0 Å². The van der Waals surface area contributed by atoms with Crippen molar-refractivity contribution in [3.63, 3.8) is 0 Å². The lowest BCUT2D eigenvalue weighted by Gasteiger charge is -2.06. The van der Waals surface area contributed by atoms with E-state index in [9.17, 15) is 14.0 Å². The number of ether oxygens (including phenoxy) is 4. The molecule has 43 heavy (non-hydrogen) atoms. The van der Waals surface area contributed by atoms with Gasteiger partial charge >= 0.3 is 11.9 Å². The number of esters is 2. The van der Waals surface area contributed by atoms with Crippen LogP contribution in [-0.4, -0.2) is 38.4 Å². The summed E-state index contributed by atoms with van der Waals surface area (Å²) in [7, 11) is 0. The van der Waals surface area contributed by atoms with Crippen LogP contribution in [0.3, 0.4) is 0 Å². The summed E-state index contributed by atoms with van der Waals surface area (Å²) in [6.07, 6.45) is 5.17. The summed E-state index contributed by atoms with van der Waals surface area (Å²) in [5.41, 5.74) is 2.33. The van der Waals surface area contributed by atoms with Crippen molar-refractivity contribution in [2.45, 2.75) is 25.7 Å². The second kappa shape index (κ2) is 18.2. The van der Waals surface area contributed by atoms with E-state index in [1.807, 2.05) is 48.5 Å². The number of carbonyl (C=O) groups excluding carboxylic acids is 2. The Labute approximate surface area is 252 Å². The molecule has 0 unspecified atom stereocenters. The van der Waals surface area contributed by atoms with Crippen molar-refractivity contribution >= 4 is 11.9 Å². The minimum Gasteiger partial charge on any atom is -0.494 e. The minimum absolute atomic E-state index is 0.281. The zero-order chi connectivity index (χ0) is 30.7. The maximum atomic E-state index is 14.7. The monoisotopic (exact) mass is 580 g/mol. The Kier molecular flexibility index (Phi) is 13.7. The van der Waals surface area contributed by atoms with E-state index in [-0.39, 0.29) is 5.56 Å². The third-order valence-electron chi connectivity index (χ3n) is 5.81. The van der Waals surface area contributed by atoms with E-state index in [4.69, 9.17) is 18.9 Å². The fourth-order valence-electron chi connectivity index (χ4n) is 3.50. The zero-order valence-corrected chi connectivity index (χ0v) is 23.9. The van der Waals surface area contributed by atoms with Crippen LogP contribution in [0.4, 0.5) is 4.39 Å². The van der Waals surface area contributed by atoms with Gasteiger partial charge in [0, 0.05) is 28.8 Å². The summed E-state index contributed by atoms with van der Waals surface area (Å²) in [5.74, 6) is 12.0. The number of carbonyl (C=O) groups is 2. The van der Waals surface area contributed by atoms with E-state index in [1.54, 1.807) is 12.1 Å². The SMILES string of the molecule is C=CC(=O)OCCCCOc1ccc(C#Cc2ccc(C#Cc3ccc(OCCCCOC(=O)C=C)cc3)c(F)c2)cc1. The number of unbranched alkanes of at least 4 members (excludes halogenated alkanes) is 2. The molecule has 3 aromatic rings. The van der Waals surface area contributed by atoms with Gasteiger partial charge in [-0.1, -0.05) is 36.8 Å². The Balaban J connectivity index is 1.43. The molecule has 0 spiro atoms. The van der Waals surface area contributed by atoms with Crippen molar-refractivity contribution in [1.29, 1.82) is 0 Å². The molecule has 0 radical (unpaired) electrons. The predicted octanol–water partition coefficient (Wildman–Crippen LogP) is 6.40. The molecule has 7 heteroatoms. The molecule has 3 aromatic carbocycles. The van der Waals surface area contributed by atoms with Crippen LogP contribution in [0.2, 0.25) is 0 Å². The molecule has 0 aliphatic heterocycles. The van der Waals surface area contributed by atoms with Crippen LogP contribution in [0.15, 0.2) is 92.0 Å². The molecule has 0 amide bonds. The highest BCUT2D eigenvalue weighted by Crippen LogP contribution is 2.15. The first kappa shape index (κ1) is 32.2. The molecular formula is C36H33FO6. The first-order valence-electron chi connectivity index (χ1n) is 13.8. The Morgan fingerprint density at radius 1 is 0.605 bits per heavy atom. The average molecular weight is 581 g/mol. The lowest BCUT2D eigenvalue weighted by molar-refractivity contribution is -0.138. The van der Waals surface area contributed by atoms with Crippen LogP contribution in [0.5, 0.6) is 11.5 Å². The van der Waals surface area contributed by atoms with Crippen LogP contribution in [-0.2, 0) is 19.1 Å². The largest absolute Gasteiger partial charge is 0.494 e. The topological polar surface area (TPSA) is 71.1 Å².